The van der Waals surface area contributed by atoms with Crippen LogP contribution in [-0.4, -0.2) is 48.4 Å². The van der Waals surface area contributed by atoms with Crippen LogP contribution in [0.2, 0.25) is 5.02 Å². The lowest BCUT2D eigenvalue weighted by Gasteiger charge is -2.34. The van der Waals surface area contributed by atoms with Crippen LogP contribution in [0.3, 0.4) is 0 Å². The van der Waals surface area contributed by atoms with E-state index in [1.54, 1.807) is 0 Å². The predicted molar refractivity (Wildman–Crippen MR) is 100 cm³/mol. The predicted octanol–water partition coefficient (Wildman–Crippen LogP) is 3.70. The van der Waals surface area contributed by atoms with Gasteiger partial charge in [-0.15, -0.1) is 0 Å². The SMILES string of the molecule is CCN1CCN(C(=O)c2ccccc2OCc2ccc(Cl)cc2)CC1. The lowest BCUT2D eigenvalue weighted by Crippen LogP contribution is -2.48. The summed E-state index contributed by atoms with van der Waals surface area (Å²) in [6.45, 7) is 6.97. The molecule has 1 amide bonds. The number of para-hydroxylation sites is 1. The first kappa shape index (κ1) is 17.8. The average molecular weight is 359 g/mol. The Kier molecular flexibility index (Phi) is 5.95. The minimum atomic E-state index is 0.0439. The summed E-state index contributed by atoms with van der Waals surface area (Å²) in [6, 6.07) is 15.0. The summed E-state index contributed by atoms with van der Waals surface area (Å²) in [7, 11) is 0. The molecule has 0 saturated carbocycles. The quantitative estimate of drug-likeness (QED) is 0.817. The Morgan fingerprint density at radius 2 is 1.72 bits per heavy atom. The van der Waals surface area contributed by atoms with Crippen molar-refractivity contribution in [1.29, 1.82) is 0 Å². The number of hydrogen-bond donors (Lipinski definition) is 0. The molecule has 1 fully saturated rings. The highest BCUT2D eigenvalue weighted by Gasteiger charge is 2.23. The van der Waals surface area contributed by atoms with Gasteiger partial charge in [-0.05, 0) is 36.4 Å². The van der Waals surface area contributed by atoms with Gasteiger partial charge in [-0.3, -0.25) is 4.79 Å². The standard InChI is InChI=1S/C20H23ClN2O2/c1-2-22-11-13-23(14-12-22)20(24)18-5-3-4-6-19(18)25-15-16-7-9-17(21)10-8-16/h3-10H,2,11-15H2,1H3. The van der Waals surface area contributed by atoms with Gasteiger partial charge >= 0.3 is 0 Å². The number of halogens is 1. The molecular weight excluding hydrogens is 336 g/mol. The number of nitrogens with zero attached hydrogens (tertiary/aromatic N) is 2. The fraction of sp³-hybridized carbons (Fsp3) is 0.350. The number of amides is 1. The lowest BCUT2D eigenvalue weighted by atomic mass is 10.1. The molecular formula is C20H23ClN2O2. The smallest absolute Gasteiger partial charge is 0.257 e. The maximum Gasteiger partial charge on any atom is 0.257 e. The van der Waals surface area contributed by atoms with E-state index < -0.39 is 0 Å². The number of carbonyl (C=O) groups is 1. The Morgan fingerprint density at radius 3 is 2.40 bits per heavy atom. The second-order valence-electron chi connectivity index (χ2n) is 6.14. The van der Waals surface area contributed by atoms with Crippen LogP contribution in [0.1, 0.15) is 22.8 Å². The molecule has 2 aromatic rings. The van der Waals surface area contributed by atoms with Gasteiger partial charge < -0.3 is 14.5 Å². The van der Waals surface area contributed by atoms with Gasteiger partial charge in [0.25, 0.3) is 5.91 Å². The Morgan fingerprint density at radius 1 is 1.04 bits per heavy atom. The Labute approximate surface area is 154 Å². The van der Waals surface area contributed by atoms with Crippen molar-refractivity contribution in [3.63, 3.8) is 0 Å². The fourth-order valence-electron chi connectivity index (χ4n) is 2.95. The summed E-state index contributed by atoms with van der Waals surface area (Å²) in [5.74, 6) is 0.669. The molecule has 5 heteroatoms. The molecule has 0 radical (unpaired) electrons. The van der Waals surface area contributed by atoms with Crippen molar-refractivity contribution < 1.29 is 9.53 Å². The summed E-state index contributed by atoms with van der Waals surface area (Å²) in [6.07, 6.45) is 0. The van der Waals surface area contributed by atoms with Gasteiger partial charge in [-0.1, -0.05) is 42.8 Å². The molecule has 0 N–H and O–H groups in total. The third kappa shape index (κ3) is 4.53. The number of piperazine rings is 1. The summed E-state index contributed by atoms with van der Waals surface area (Å²) in [5.41, 5.74) is 1.64. The molecule has 1 aliphatic rings. The van der Waals surface area contributed by atoms with Crippen LogP contribution < -0.4 is 4.74 Å². The summed E-state index contributed by atoms with van der Waals surface area (Å²) < 4.78 is 5.92. The maximum absolute atomic E-state index is 12.9. The molecule has 1 aliphatic heterocycles. The summed E-state index contributed by atoms with van der Waals surface area (Å²) in [5, 5.41) is 0.700. The number of benzene rings is 2. The van der Waals surface area contributed by atoms with E-state index in [0.29, 0.717) is 22.9 Å². The number of carbonyl (C=O) groups excluding carboxylic acids is 1. The highest BCUT2D eigenvalue weighted by Crippen LogP contribution is 2.22. The molecule has 0 spiro atoms. The molecule has 3 rings (SSSR count). The molecule has 0 unspecified atom stereocenters. The van der Waals surface area contributed by atoms with Crippen LogP contribution in [0.4, 0.5) is 0 Å². The minimum Gasteiger partial charge on any atom is -0.488 e. The van der Waals surface area contributed by atoms with Crippen LogP contribution in [0, 0.1) is 0 Å². The third-order valence-electron chi connectivity index (χ3n) is 4.53. The van der Waals surface area contributed by atoms with E-state index in [-0.39, 0.29) is 5.91 Å². The van der Waals surface area contributed by atoms with E-state index in [1.165, 1.54) is 0 Å². The van der Waals surface area contributed by atoms with Crippen molar-refractivity contribution in [1.82, 2.24) is 9.80 Å². The molecule has 0 bridgehead atoms. The van der Waals surface area contributed by atoms with Crippen molar-refractivity contribution in [3.8, 4) is 5.75 Å². The average Bonchev–Trinajstić information content (AvgIpc) is 2.67. The molecule has 25 heavy (non-hydrogen) atoms. The zero-order valence-corrected chi connectivity index (χ0v) is 15.2. The molecule has 132 valence electrons. The first-order chi connectivity index (χ1) is 12.2. The molecule has 1 heterocycles. The van der Waals surface area contributed by atoms with E-state index in [0.717, 1.165) is 38.3 Å². The first-order valence-electron chi connectivity index (χ1n) is 8.65. The van der Waals surface area contributed by atoms with Crippen molar-refractivity contribution in [2.75, 3.05) is 32.7 Å². The number of ether oxygens (including phenoxy) is 1. The molecule has 2 aromatic carbocycles. The van der Waals surface area contributed by atoms with Crippen LogP contribution >= 0.6 is 11.6 Å². The van der Waals surface area contributed by atoms with Gasteiger partial charge in [0.05, 0.1) is 5.56 Å². The second-order valence-corrected chi connectivity index (χ2v) is 6.57. The molecule has 4 nitrogen and oxygen atoms in total. The maximum atomic E-state index is 12.9. The van der Waals surface area contributed by atoms with E-state index in [9.17, 15) is 4.79 Å². The van der Waals surface area contributed by atoms with Crippen LogP contribution in [0.5, 0.6) is 5.75 Å². The van der Waals surface area contributed by atoms with E-state index in [4.69, 9.17) is 16.3 Å². The van der Waals surface area contributed by atoms with Crippen molar-refractivity contribution in [2.45, 2.75) is 13.5 Å². The summed E-state index contributed by atoms with van der Waals surface area (Å²) in [4.78, 5) is 17.1. The fourth-order valence-corrected chi connectivity index (χ4v) is 3.07. The highest BCUT2D eigenvalue weighted by molar-refractivity contribution is 6.30. The van der Waals surface area contributed by atoms with Gasteiger partial charge in [-0.25, -0.2) is 0 Å². The van der Waals surface area contributed by atoms with E-state index in [2.05, 4.69) is 11.8 Å². The third-order valence-corrected chi connectivity index (χ3v) is 4.78. The van der Waals surface area contributed by atoms with Crippen LogP contribution in [0.25, 0.3) is 0 Å². The number of hydrogen-bond acceptors (Lipinski definition) is 3. The number of likely N-dealkylation sites (N-methyl/N-ethyl adjacent to an activating group) is 1. The zero-order chi connectivity index (χ0) is 17.6. The zero-order valence-electron chi connectivity index (χ0n) is 14.5. The van der Waals surface area contributed by atoms with E-state index >= 15 is 0 Å². The van der Waals surface area contributed by atoms with Crippen LogP contribution in [-0.2, 0) is 6.61 Å². The number of rotatable bonds is 5. The van der Waals surface area contributed by atoms with Crippen molar-refractivity contribution in [2.24, 2.45) is 0 Å². The van der Waals surface area contributed by atoms with Gasteiger partial charge in [0.1, 0.15) is 12.4 Å². The largest absolute Gasteiger partial charge is 0.488 e. The molecule has 1 saturated heterocycles. The topological polar surface area (TPSA) is 32.8 Å². The van der Waals surface area contributed by atoms with Crippen molar-refractivity contribution >= 4 is 17.5 Å². The Bertz CT molecular complexity index is 710. The van der Waals surface area contributed by atoms with Gasteiger partial charge in [-0.2, -0.15) is 0 Å². The van der Waals surface area contributed by atoms with E-state index in [1.807, 2.05) is 53.4 Å². The molecule has 0 aromatic heterocycles. The Hall–Kier alpha value is -2.04. The van der Waals surface area contributed by atoms with Crippen molar-refractivity contribution in [3.05, 3.63) is 64.7 Å². The summed E-state index contributed by atoms with van der Waals surface area (Å²) >= 11 is 5.91. The van der Waals surface area contributed by atoms with Crippen LogP contribution in [0.15, 0.2) is 48.5 Å². The first-order valence-corrected chi connectivity index (χ1v) is 9.03. The second kappa shape index (κ2) is 8.37. The Balaban J connectivity index is 1.68. The monoisotopic (exact) mass is 358 g/mol. The minimum absolute atomic E-state index is 0.0439. The lowest BCUT2D eigenvalue weighted by molar-refractivity contribution is 0.0639. The van der Waals surface area contributed by atoms with Gasteiger partial charge in [0.2, 0.25) is 0 Å². The molecule has 0 atom stereocenters. The highest BCUT2D eigenvalue weighted by atomic mass is 35.5. The molecule has 0 aliphatic carbocycles. The van der Waals surface area contributed by atoms with Gasteiger partial charge in [0, 0.05) is 31.2 Å². The normalized spacial score (nSPS) is 15.2. The van der Waals surface area contributed by atoms with Gasteiger partial charge in [0.15, 0.2) is 0 Å².